The molecule has 0 amide bonds. The Hall–Kier alpha value is -1.48. The molecule has 0 unspecified atom stereocenters. The molecule has 0 saturated carbocycles. The van der Waals surface area contributed by atoms with Gasteiger partial charge < -0.3 is 19.3 Å². The minimum absolute atomic E-state index is 0.00379. The fourth-order valence-electron chi connectivity index (χ4n) is 4.57. The molecule has 0 aliphatic carbocycles. The third kappa shape index (κ3) is 6.77. The number of aliphatic hydroxyl groups excluding tert-OH is 1. The Morgan fingerprint density at radius 3 is 2.14 bits per heavy atom. The van der Waals surface area contributed by atoms with Gasteiger partial charge in [0.1, 0.15) is 11.5 Å². The van der Waals surface area contributed by atoms with Crippen molar-refractivity contribution < 1.29 is 14.0 Å². The van der Waals surface area contributed by atoms with Crippen LogP contribution in [-0.4, -0.2) is 65.3 Å². The maximum atomic E-state index is 10.6. The molecule has 1 saturated heterocycles. The number of rotatable bonds is 9. The predicted octanol–water partition coefficient (Wildman–Crippen LogP) is 7.79. The van der Waals surface area contributed by atoms with Crippen molar-refractivity contribution in [3.63, 3.8) is 0 Å². The number of halogens is 1. The van der Waals surface area contributed by atoms with Gasteiger partial charge in [0.05, 0.1) is 24.3 Å². The number of aromatic nitrogens is 4. The van der Waals surface area contributed by atoms with Crippen LogP contribution in [0.2, 0.25) is 41.5 Å². The summed E-state index contributed by atoms with van der Waals surface area (Å²) in [5.41, 5.74) is 3.65. The quantitative estimate of drug-likeness (QED) is 0.179. The topological polar surface area (TPSA) is 94.3 Å². The summed E-state index contributed by atoms with van der Waals surface area (Å²) < 4.78 is 16.3. The maximum absolute atomic E-state index is 10.6. The van der Waals surface area contributed by atoms with Crippen LogP contribution in [0.3, 0.4) is 0 Å². The normalized spacial score (nSPS) is 22.2. The van der Waals surface area contributed by atoms with Gasteiger partial charge in [0, 0.05) is 6.54 Å². The molecule has 2 N–H and O–H groups in total. The molecule has 0 bridgehead atoms. The van der Waals surface area contributed by atoms with Crippen molar-refractivity contribution in [2.24, 2.45) is 0 Å². The van der Waals surface area contributed by atoms with Gasteiger partial charge >= 0.3 is 0 Å². The molecule has 232 valence electrons. The Labute approximate surface area is 262 Å². The molecule has 4 atom stereocenters. The van der Waals surface area contributed by atoms with Gasteiger partial charge in [-0.15, -0.1) is 11.8 Å². The van der Waals surface area contributed by atoms with Crippen LogP contribution in [0.4, 0.5) is 5.82 Å². The number of nitrogens with one attached hydrogen (secondary N) is 1. The summed E-state index contributed by atoms with van der Waals surface area (Å²) >= 11 is 8.17. The third-order valence-electron chi connectivity index (χ3n) is 9.32. The second-order valence-electron chi connectivity index (χ2n) is 14.4. The summed E-state index contributed by atoms with van der Waals surface area (Å²) in [5.74, 6) is 0.588. The number of fused-ring (bicyclic) bond motifs is 1. The Bertz CT molecular complexity index is 1410. The molecule has 1 fully saturated rings. The molecule has 12 heteroatoms. The van der Waals surface area contributed by atoms with Crippen molar-refractivity contribution in [2.45, 2.75) is 114 Å². The maximum Gasteiger partial charge on any atom is 0.226 e. The summed E-state index contributed by atoms with van der Waals surface area (Å²) in [4.78, 5) is 13.9. The zero-order chi connectivity index (χ0) is 31.3. The highest BCUT2D eigenvalue weighted by Crippen LogP contribution is 2.51. The zero-order valence-electron chi connectivity index (χ0n) is 26.9. The second kappa shape index (κ2) is 12.1. The summed E-state index contributed by atoms with van der Waals surface area (Å²) in [6.45, 7) is 25.2. The number of nitrogens with zero attached hydrogens (tertiary/aromatic N) is 4. The van der Waals surface area contributed by atoms with E-state index in [-0.39, 0.29) is 44.8 Å². The molecule has 0 spiro atoms. The molecule has 0 radical (unpaired) electrons. The largest absolute Gasteiger partial charge is 0.410 e. The number of imidazole rings is 1. The fraction of sp³-hybridized carbons (Fsp3) is 0.633. The summed E-state index contributed by atoms with van der Waals surface area (Å²) in [6, 6.07) is 8.25. The predicted molar refractivity (Wildman–Crippen MR) is 180 cm³/mol. The number of hydrogen-bond acceptors (Lipinski definition) is 8. The Morgan fingerprint density at radius 1 is 0.976 bits per heavy atom. The van der Waals surface area contributed by atoms with E-state index in [4.69, 9.17) is 25.4 Å². The Balaban J connectivity index is 1.77. The highest BCUT2D eigenvalue weighted by atomic mass is 35.5. The molecular weight excluding hydrogens is 602 g/mol. The minimum atomic E-state index is -2.24. The number of anilines is 1. The number of hydrogen-bond donors (Lipinski definition) is 2. The van der Waals surface area contributed by atoms with Crippen LogP contribution in [0, 0.1) is 6.92 Å². The second-order valence-corrected chi connectivity index (χ2v) is 25.6. The van der Waals surface area contributed by atoms with Crippen molar-refractivity contribution in [3.8, 4) is 0 Å². The first-order chi connectivity index (χ1) is 19.4. The molecule has 2 aromatic heterocycles. The number of benzene rings is 1. The molecule has 8 nitrogen and oxygen atoms in total. The summed E-state index contributed by atoms with van der Waals surface area (Å²) in [6.07, 6.45) is 1.21. The molecule has 4 rings (SSSR count). The smallest absolute Gasteiger partial charge is 0.226 e. The molecule has 1 aliphatic heterocycles. The van der Waals surface area contributed by atoms with E-state index in [9.17, 15) is 5.11 Å². The molecule has 42 heavy (non-hydrogen) atoms. The molecule has 1 aliphatic rings. The number of aryl methyl sites for hydroxylation is 1. The van der Waals surface area contributed by atoms with Gasteiger partial charge in [0.15, 0.2) is 33.6 Å². The van der Waals surface area contributed by atoms with E-state index in [0.717, 1.165) is 0 Å². The number of thioether (sulfide) groups is 1. The summed E-state index contributed by atoms with van der Waals surface area (Å²) in [5, 5.41) is 13.8. The van der Waals surface area contributed by atoms with Crippen LogP contribution in [0.25, 0.3) is 11.2 Å². The van der Waals surface area contributed by atoms with Crippen molar-refractivity contribution in [2.75, 3.05) is 11.9 Å². The SMILES string of the molecule is Cc1ccccc1CNc1nc(Cl)nc2c1ncn2[C@@H]1S[C@H](CO)[C@@H](O[Si](C)(C)C(C)(C)C)[C@H]1O[Si](C)(C)C(C)(C)C. The highest BCUT2D eigenvalue weighted by Gasteiger charge is 2.54. The van der Waals surface area contributed by atoms with E-state index >= 15 is 0 Å². The van der Waals surface area contributed by atoms with Crippen LogP contribution in [0.5, 0.6) is 0 Å². The van der Waals surface area contributed by atoms with E-state index in [0.29, 0.717) is 23.5 Å². The average molecular weight is 650 g/mol. The van der Waals surface area contributed by atoms with Crippen LogP contribution >= 0.6 is 23.4 Å². The first-order valence-corrected chi connectivity index (χ1v) is 21.8. The Morgan fingerprint density at radius 2 is 1.57 bits per heavy atom. The van der Waals surface area contributed by atoms with Crippen LogP contribution < -0.4 is 5.32 Å². The standard InChI is InChI=1S/C30H48ClN5O3SSi2/c1-19-14-12-13-15-20(19)16-32-25-22-26(35-28(31)34-25)36(18-33-22)27-24(39-42(10,11)30(5,6)7)23(21(17-37)40-27)38-41(8,9)29(2,3)4/h12-15,18,21,23-24,27,37H,16-17H2,1-11H3,(H,32,34,35)/t21-,23-,24-,27-/m1/s1. The lowest BCUT2D eigenvalue weighted by Crippen LogP contribution is -2.53. The lowest BCUT2D eigenvalue weighted by Gasteiger charge is -2.44. The van der Waals surface area contributed by atoms with Gasteiger partial charge in [-0.1, -0.05) is 65.8 Å². The van der Waals surface area contributed by atoms with Crippen molar-refractivity contribution in [3.05, 3.63) is 47.0 Å². The van der Waals surface area contributed by atoms with Gasteiger partial charge in [-0.3, -0.25) is 4.57 Å². The van der Waals surface area contributed by atoms with Crippen LogP contribution in [0.1, 0.15) is 58.0 Å². The lowest BCUT2D eigenvalue weighted by atomic mass is 10.1. The number of aliphatic hydroxyl groups is 1. The van der Waals surface area contributed by atoms with Crippen LogP contribution in [0.15, 0.2) is 30.6 Å². The molecule has 3 aromatic rings. The van der Waals surface area contributed by atoms with Gasteiger partial charge in [-0.25, -0.2) is 4.98 Å². The molecule has 3 heterocycles. The van der Waals surface area contributed by atoms with Gasteiger partial charge in [0.25, 0.3) is 0 Å². The van der Waals surface area contributed by atoms with E-state index in [2.05, 4.69) is 102 Å². The van der Waals surface area contributed by atoms with Gasteiger partial charge in [0.2, 0.25) is 5.28 Å². The first kappa shape index (κ1) is 33.4. The van der Waals surface area contributed by atoms with E-state index in [1.807, 2.05) is 16.7 Å². The van der Waals surface area contributed by atoms with E-state index < -0.39 is 16.6 Å². The molecule has 1 aromatic carbocycles. The van der Waals surface area contributed by atoms with Gasteiger partial charge in [-0.2, -0.15) is 9.97 Å². The minimum Gasteiger partial charge on any atom is -0.410 e. The Kier molecular flexibility index (Phi) is 9.66. The molecular formula is C30H48ClN5O3SSi2. The lowest BCUT2D eigenvalue weighted by molar-refractivity contribution is 0.0260. The van der Waals surface area contributed by atoms with E-state index in [1.54, 1.807) is 18.1 Å². The van der Waals surface area contributed by atoms with Crippen LogP contribution in [-0.2, 0) is 15.4 Å². The van der Waals surface area contributed by atoms with Crippen molar-refractivity contribution in [1.29, 1.82) is 0 Å². The summed E-state index contributed by atoms with van der Waals surface area (Å²) in [7, 11) is -4.43. The first-order valence-electron chi connectivity index (χ1n) is 14.7. The third-order valence-corrected chi connectivity index (χ3v) is 20.0. The highest BCUT2D eigenvalue weighted by molar-refractivity contribution is 8.00. The van der Waals surface area contributed by atoms with E-state index in [1.165, 1.54) is 11.1 Å². The van der Waals surface area contributed by atoms with Crippen molar-refractivity contribution in [1.82, 2.24) is 19.5 Å². The van der Waals surface area contributed by atoms with Crippen molar-refractivity contribution >= 4 is 57.0 Å². The fourth-order valence-corrected chi connectivity index (χ4v) is 9.02. The monoisotopic (exact) mass is 649 g/mol. The average Bonchev–Trinajstić information content (AvgIpc) is 3.42. The van der Waals surface area contributed by atoms with Gasteiger partial charge in [-0.05, 0) is 65.9 Å². The zero-order valence-corrected chi connectivity index (χ0v) is 30.5.